The van der Waals surface area contributed by atoms with Gasteiger partial charge in [-0.1, -0.05) is 0 Å². The summed E-state index contributed by atoms with van der Waals surface area (Å²) in [6, 6.07) is 4.28. The lowest BCUT2D eigenvalue weighted by atomic mass is 10.1. The number of hydrogen-bond acceptors (Lipinski definition) is 4. The Kier molecular flexibility index (Phi) is 4.27. The van der Waals surface area contributed by atoms with E-state index in [0.717, 1.165) is 12.3 Å². The molecule has 5 heteroatoms. The van der Waals surface area contributed by atoms with E-state index in [9.17, 15) is 0 Å². The van der Waals surface area contributed by atoms with Gasteiger partial charge in [-0.25, -0.2) is 0 Å². The SMILES string of the molecule is Cn1cc(OCc2ccc(CNC(C)(C)C)s2)cn1. The molecule has 0 spiro atoms. The van der Waals surface area contributed by atoms with Crippen LogP contribution in [0.2, 0.25) is 0 Å². The van der Waals surface area contributed by atoms with E-state index in [1.807, 2.05) is 13.2 Å². The zero-order chi connectivity index (χ0) is 13.9. The number of aryl methyl sites for hydroxylation is 1. The molecule has 0 amide bonds. The predicted molar refractivity (Wildman–Crippen MR) is 78.5 cm³/mol. The molecule has 0 atom stereocenters. The maximum atomic E-state index is 5.68. The number of nitrogens with zero attached hydrogens (tertiary/aromatic N) is 2. The smallest absolute Gasteiger partial charge is 0.157 e. The van der Waals surface area contributed by atoms with Gasteiger partial charge in [-0.05, 0) is 32.9 Å². The first-order valence-corrected chi connectivity index (χ1v) is 7.18. The first-order chi connectivity index (χ1) is 8.92. The third-order valence-electron chi connectivity index (χ3n) is 2.57. The van der Waals surface area contributed by atoms with Crippen molar-refractivity contribution < 1.29 is 4.74 Å². The van der Waals surface area contributed by atoms with Gasteiger partial charge in [-0.2, -0.15) is 5.10 Å². The van der Waals surface area contributed by atoms with Crippen LogP contribution in [-0.4, -0.2) is 15.3 Å². The lowest BCUT2D eigenvalue weighted by molar-refractivity contribution is 0.309. The average molecular weight is 279 g/mol. The fourth-order valence-electron chi connectivity index (χ4n) is 1.57. The monoisotopic (exact) mass is 279 g/mol. The lowest BCUT2D eigenvalue weighted by Gasteiger charge is -2.19. The van der Waals surface area contributed by atoms with E-state index >= 15 is 0 Å². The Balaban J connectivity index is 1.84. The number of rotatable bonds is 5. The van der Waals surface area contributed by atoms with Crippen molar-refractivity contribution in [2.75, 3.05) is 0 Å². The molecule has 0 aliphatic rings. The van der Waals surface area contributed by atoms with Crippen LogP contribution in [0.25, 0.3) is 0 Å². The molecule has 0 fully saturated rings. The van der Waals surface area contributed by atoms with E-state index < -0.39 is 0 Å². The molecule has 0 radical (unpaired) electrons. The van der Waals surface area contributed by atoms with Gasteiger partial charge in [0, 0.05) is 28.9 Å². The molecule has 2 rings (SSSR count). The third-order valence-corrected chi connectivity index (χ3v) is 3.63. The highest BCUT2D eigenvalue weighted by molar-refractivity contribution is 7.11. The molecular formula is C14H21N3OS. The molecule has 0 bridgehead atoms. The van der Waals surface area contributed by atoms with E-state index in [2.05, 4.69) is 43.3 Å². The van der Waals surface area contributed by atoms with Crippen LogP contribution < -0.4 is 10.1 Å². The Hall–Kier alpha value is -1.33. The Labute approximate surface area is 118 Å². The normalized spacial score (nSPS) is 11.8. The van der Waals surface area contributed by atoms with E-state index in [-0.39, 0.29) is 5.54 Å². The summed E-state index contributed by atoms with van der Waals surface area (Å²) in [4.78, 5) is 2.56. The average Bonchev–Trinajstić information content (AvgIpc) is 2.92. The highest BCUT2D eigenvalue weighted by Gasteiger charge is 2.09. The highest BCUT2D eigenvalue weighted by atomic mass is 32.1. The molecule has 0 aliphatic carbocycles. The first-order valence-electron chi connectivity index (χ1n) is 6.36. The second-order valence-electron chi connectivity index (χ2n) is 5.61. The summed E-state index contributed by atoms with van der Waals surface area (Å²) in [7, 11) is 1.88. The van der Waals surface area contributed by atoms with Crippen molar-refractivity contribution in [3.63, 3.8) is 0 Å². The molecule has 0 aliphatic heterocycles. The molecule has 0 aromatic carbocycles. The lowest BCUT2D eigenvalue weighted by Crippen LogP contribution is -2.34. The van der Waals surface area contributed by atoms with E-state index in [1.165, 1.54) is 9.75 Å². The minimum Gasteiger partial charge on any atom is -0.485 e. The fourth-order valence-corrected chi connectivity index (χ4v) is 2.45. The summed E-state index contributed by atoms with van der Waals surface area (Å²) in [6.45, 7) is 8.03. The van der Waals surface area contributed by atoms with Gasteiger partial charge >= 0.3 is 0 Å². The Morgan fingerprint density at radius 3 is 2.68 bits per heavy atom. The van der Waals surface area contributed by atoms with Gasteiger partial charge < -0.3 is 10.1 Å². The van der Waals surface area contributed by atoms with Crippen molar-refractivity contribution >= 4 is 11.3 Å². The van der Waals surface area contributed by atoms with E-state index in [1.54, 1.807) is 22.2 Å². The fraction of sp³-hybridized carbons (Fsp3) is 0.500. The van der Waals surface area contributed by atoms with Crippen LogP contribution in [-0.2, 0) is 20.2 Å². The van der Waals surface area contributed by atoms with Crippen LogP contribution in [0.4, 0.5) is 0 Å². The highest BCUT2D eigenvalue weighted by Crippen LogP contribution is 2.19. The molecule has 19 heavy (non-hydrogen) atoms. The summed E-state index contributed by atoms with van der Waals surface area (Å²) in [5.74, 6) is 0.810. The van der Waals surface area contributed by atoms with Crippen molar-refractivity contribution in [2.45, 2.75) is 39.5 Å². The van der Waals surface area contributed by atoms with E-state index in [0.29, 0.717) is 6.61 Å². The van der Waals surface area contributed by atoms with E-state index in [4.69, 9.17) is 4.74 Å². The number of ether oxygens (including phenoxy) is 1. The summed E-state index contributed by atoms with van der Waals surface area (Å²) in [5, 5.41) is 7.56. The van der Waals surface area contributed by atoms with Crippen LogP contribution in [0.15, 0.2) is 24.5 Å². The first kappa shape index (κ1) is 14.1. The largest absolute Gasteiger partial charge is 0.485 e. The molecular weight excluding hydrogens is 258 g/mol. The maximum absolute atomic E-state index is 5.68. The zero-order valence-corrected chi connectivity index (χ0v) is 12.8. The molecule has 104 valence electrons. The molecule has 2 heterocycles. The number of hydrogen-bond donors (Lipinski definition) is 1. The van der Waals surface area contributed by atoms with Crippen LogP contribution >= 0.6 is 11.3 Å². The molecule has 0 unspecified atom stereocenters. The summed E-state index contributed by atoms with van der Waals surface area (Å²) < 4.78 is 7.42. The van der Waals surface area contributed by atoms with Crippen molar-refractivity contribution in [3.05, 3.63) is 34.3 Å². The molecule has 1 N–H and O–H groups in total. The molecule has 0 saturated heterocycles. The van der Waals surface area contributed by atoms with Gasteiger partial charge in [0.05, 0.1) is 12.4 Å². The quantitative estimate of drug-likeness (QED) is 0.914. The summed E-state index contributed by atoms with van der Waals surface area (Å²) in [6.07, 6.45) is 3.60. The second kappa shape index (κ2) is 5.75. The van der Waals surface area contributed by atoms with Crippen LogP contribution in [0.3, 0.4) is 0 Å². The standard InChI is InChI=1S/C14H21N3OS/c1-14(2,3)15-8-12-5-6-13(19-12)10-18-11-7-16-17(4)9-11/h5-7,9,15H,8,10H2,1-4H3. The Morgan fingerprint density at radius 2 is 2.05 bits per heavy atom. The van der Waals surface area contributed by atoms with Crippen LogP contribution in [0.5, 0.6) is 5.75 Å². The maximum Gasteiger partial charge on any atom is 0.157 e. The topological polar surface area (TPSA) is 39.1 Å². The molecule has 2 aromatic heterocycles. The summed E-state index contributed by atoms with van der Waals surface area (Å²) in [5.41, 5.74) is 0.149. The van der Waals surface area contributed by atoms with Gasteiger partial charge in [0.25, 0.3) is 0 Å². The van der Waals surface area contributed by atoms with Crippen molar-refractivity contribution in [1.82, 2.24) is 15.1 Å². The number of nitrogens with one attached hydrogen (secondary N) is 1. The van der Waals surface area contributed by atoms with Crippen molar-refractivity contribution in [2.24, 2.45) is 7.05 Å². The van der Waals surface area contributed by atoms with Crippen molar-refractivity contribution in [3.8, 4) is 5.75 Å². The third kappa shape index (κ3) is 4.69. The van der Waals surface area contributed by atoms with Crippen molar-refractivity contribution in [1.29, 1.82) is 0 Å². The van der Waals surface area contributed by atoms with Gasteiger partial charge in [-0.15, -0.1) is 11.3 Å². The second-order valence-corrected chi connectivity index (χ2v) is 6.86. The Bertz CT molecular complexity index is 525. The van der Waals surface area contributed by atoms with Gasteiger partial charge in [0.2, 0.25) is 0 Å². The number of aromatic nitrogens is 2. The minimum absolute atomic E-state index is 0.149. The van der Waals surface area contributed by atoms with Crippen LogP contribution in [0.1, 0.15) is 30.5 Å². The van der Waals surface area contributed by atoms with Gasteiger partial charge in [0.15, 0.2) is 5.75 Å². The Morgan fingerprint density at radius 1 is 1.32 bits per heavy atom. The molecule has 2 aromatic rings. The number of thiophene rings is 1. The molecule has 0 saturated carbocycles. The van der Waals surface area contributed by atoms with Gasteiger partial charge in [-0.3, -0.25) is 4.68 Å². The summed E-state index contributed by atoms with van der Waals surface area (Å²) >= 11 is 1.78. The zero-order valence-electron chi connectivity index (χ0n) is 11.9. The van der Waals surface area contributed by atoms with Gasteiger partial charge in [0.1, 0.15) is 6.61 Å². The van der Waals surface area contributed by atoms with Crippen LogP contribution in [0, 0.1) is 0 Å². The minimum atomic E-state index is 0.149. The molecule has 4 nitrogen and oxygen atoms in total. The predicted octanol–water partition coefficient (Wildman–Crippen LogP) is 2.95.